The Balaban J connectivity index is 1.16. The van der Waals surface area contributed by atoms with Gasteiger partial charge >= 0.3 is 5.97 Å². The molecule has 0 unspecified atom stereocenters. The molecule has 46 heavy (non-hydrogen) atoms. The van der Waals surface area contributed by atoms with Gasteiger partial charge in [-0.15, -0.1) is 6.58 Å². The summed E-state index contributed by atoms with van der Waals surface area (Å²) in [5, 5.41) is 18.5. The molecule has 3 atom stereocenters. The minimum atomic E-state index is -1.21. The van der Waals surface area contributed by atoms with Crippen LogP contribution in [0.4, 0.5) is 8.78 Å². The number of fused-ring (bicyclic) bond motifs is 1. The highest BCUT2D eigenvalue weighted by molar-refractivity contribution is 5.92. The van der Waals surface area contributed by atoms with Crippen molar-refractivity contribution in [3.05, 3.63) is 89.7 Å². The van der Waals surface area contributed by atoms with Gasteiger partial charge in [0.2, 0.25) is 5.88 Å². The summed E-state index contributed by atoms with van der Waals surface area (Å²) in [5.41, 5.74) is 0.0896. The van der Waals surface area contributed by atoms with Gasteiger partial charge in [-0.3, -0.25) is 4.90 Å². The summed E-state index contributed by atoms with van der Waals surface area (Å²) >= 11 is 0. The number of benzene rings is 2. The van der Waals surface area contributed by atoms with Crippen molar-refractivity contribution >= 4 is 17.0 Å². The summed E-state index contributed by atoms with van der Waals surface area (Å²) in [6, 6.07) is 9.94. The summed E-state index contributed by atoms with van der Waals surface area (Å²) in [6.45, 7) is 8.13. The molecule has 2 saturated heterocycles. The summed E-state index contributed by atoms with van der Waals surface area (Å²) in [4.78, 5) is 27.1. The fourth-order valence-corrected chi connectivity index (χ4v) is 5.82. The maximum Gasteiger partial charge on any atom is 0.335 e. The quantitative estimate of drug-likeness (QED) is 0.225. The molecule has 13 heteroatoms. The molecule has 0 amide bonds. The van der Waals surface area contributed by atoms with Crippen molar-refractivity contribution in [2.45, 2.75) is 63.6 Å². The van der Waals surface area contributed by atoms with Crippen LogP contribution >= 0.6 is 0 Å². The van der Waals surface area contributed by atoms with E-state index in [1.165, 1.54) is 18.2 Å². The molecule has 4 heterocycles. The molecule has 2 aromatic carbocycles. The zero-order chi connectivity index (χ0) is 32.4. The zero-order valence-corrected chi connectivity index (χ0v) is 25.2. The number of nitriles is 1. The van der Waals surface area contributed by atoms with Gasteiger partial charge in [-0.25, -0.2) is 23.5 Å². The lowest BCUT2D eigenvalue weighted by atomic mass is 9.86. The van der Waals surface area contributed by atoms with Crippen LogP contribution in [-0.2, 0) is 24.4 Å². The normalized spacial score (nSPS) is 21.3. The summed E-state index contributed by atoms with van der Waals surface area (Å²) in [7, 11) is 0. The maximum absolute atomic E-state index is 15.0. The van der Waals surface area contributed by atoms with Crippen molar-refractivity contribution in [3.63, 3.8) is 0 Å². The number of piperidine rings is 1. The monoisotopic (exact) mass is 630 g/mol. The van der Waals surface area contributed by atoms with E-state index in [2.05, 4.69) is 26.4 Å². The molecule has 1 N–H and O–H groups in total. The van der Waals surface area contributed by atoms with Crippen LogP contribution in [0.25, 0.3) is 11.0 Å². The average Bonchev–Trinajstić information content (AvgIpc) is 3.37. The number of nitrogens with zero attached hydrogens (tertiary/aromatic N) is 6. The number of carboxylic acid groups (broad SMARTS) is 1. The van der Waals surface area contributed by atoms with Gasteiger partial charge in [0.25, 0.3) is 0 Å². The van der Waals surface area contributed by atoms with Gasteiger partial charge in [-0.2, -0.15) is 10.2 Å². The SMILES string of the molecule is C=C[C@]1(C)C[C@@H](Oc2ccnc(COc3ccc(C#N)cc3F)n2)CCN1Cc1nc2c(F)cc(C(=O)O)cc2n1C[C@@H]1CCO1. The average molecular weight is 631 g/mol. The zero-order valence-electron chi connectivity index (χ0n) is 25.2. The van der Waals surface area contributed by atoms with E-state index in [-0.39, 0.29) is 41.2 Å². The van der Waals surface area contributed by atoms with Gasteiger partial charge in [-0.05, 0) is 50.1 Å². The lowest BCUT2D eigenvalue weighted by Gasteiger charge is -2.45. The molecule has 238 valence electrons. The largest absolute Gasteiger partial charge is 0.483 e. The molecule has 6 rings (SSSR count). The highest BCUT2D eigenvalue weighted by atomic mass is 19.1. The van der Waals surface area contributed by atoms with Crippen LogP contribution in [0.1, 0.15) is 53.8 Å². The number of rotatable bonds is 11. The molecule has 0 spiro atoms. The second-order valence-electron chi connectivity index (χ2n) is 11.6. The minimum Gasteiger partial charge on any atom is -0.483 e. The number of halogens is 2. The molecule has 2 aliphatic heterocycles. The van der Waals surface area contributed by atoms with Crippen molar-refractivity contribution in [2.75, 3.05) is 13.2 Å². The third-order valence-corrected chi connectivity index (χ3v) is 8.55. The van der Waals surface area contributed by atoms with Crippen molar-refractivity contribution in [2.24, 2.45) is 0 Å². The van der Waals surface area contributed by atoms with Crippen molar-refractivity contribution in [3.8, 4) is 17.7 Å². The number of likely N-dealkylation sites (tertiary alicyclic amines) is 1. The highest BCUT2D eigenvalue weighted by Crippen LogP contribution is 2.34. The number of carbonyl (C=O) groups is 1. The number of aromatic nitrogens is 4. The topological polar surface area (TPSA) is 136 Å². The van der Waals surface area contributed by atoms with Crippen LogP contribution in [0.5, 0.6) is 11.6 Å². The first-order chi connectivity index (χ1) is 22.2. The van der Waals surface area contributed by atoms with E-state index >= 15 is 4.39 Å². The second-order valence-corrected chi connectivity index (χ2v) is 11.6. The summed E-state index contributed by atoms with van der Waals surface area (Å²) in [6.07, 6.45) is 5.23. The first kappa shape index (κ1) is 31.1. The molecule has 0 bridgehead atoms. The Hall–Kier alpha value is -4.93. The second kappa shape index (κ2) is 12.8. The van der Waals surface area contributed by atoms with E-state index in [0.29, 0.717) is 62.1 Å². The lowest BCUT2D eigenvalue weighted by Crippen LogP contribution is -2.53. The Labute approximate surface area is 263 Å². The van der Waals surface area contributed by atoms with Crippen LogP contribution in [0.2, 0.25) is 0 Å². The van der Waals surface area contributed by atoms with E-state index in [1.807, 2.05) is 23.6 Å². The molecule has 0 aliphatic carbocycles. The minimum absolute atomic E-state index is 0.0122. The number of imidazole rings is 1. The first-order valence-corrected chi connectivity index (χ1v) is 14.9. The Kier molecular flexibility index (Phi) is 8.66. The van der Waals surface area contributed by atoms with E-state index in [4.69, 9.17) is 19.5 Å². The summed E-state index contributed by atoms with van der Waals surface area (Å²) in [5.74, 6) is -1.28. The molecule has 2 fully saturated rings. The van der Waals surface area contributed by atoms with Crippen molar-refractivity contribution < 1.29 is 32.9 Å². The maximum atomic E-state index is 15.0. The first-order valence-electron chi connectivity index (χ1n) is 14.9. The number of hydrogen-bond donors (Lipinski definition) is 1. The smallest absolute Gasteiger partial charge is 0.335 e. The van der Waals surface area contributed by atoms with Gasteiger partial charge in [0.1, 0.15) is 24.1 Å². The number of carboxylic acids is 1. The van der Waals surface area contributed by atoms with Gasteiger partial charge in [0.15, 0.2) is 23.2 Å². The standard InChI is InChI=1S/C33H32F2N6O5/c1-3-33(2)15-22(46-30-6-9-37-28(38-30)19-45-27-5-4-20(16-36)12-24(27)34)7-10-40(33)18-29-39-31-25(35)13-21(32(42)43)14-26(31)41(29)17-23-8-11-44-23/h3-6,9,12-14,22-23H,1,7-8,10-11,15,17-19H2,2H3,(H,42,43)/t22-,23-,33+/m0/s1. The van der Waals surface area contributed by atoms with Gasteiger partial charge in [0.05, 0.1) is 41.9 Å². The molecule has 11 nitrogen and oxygen atoms in total. The van der Waals surface area contributed by atoms with Crippen LogP contribution in [-0.4, -0.2) is 66.4 Å². The van der Waals surface area contributed by atoms with Crippen molar-refractivity contribution in [1.82, 2.24) is 24.4 Å². The Morgan fingerprint density at radius 2 is 2.07 bits per heavy atom. The molecule has 0 radical (unpaired) electrons. The third kappa shape index (κ3) is 6.40. The number of ether oxygens (including phenoxy) is 3. The molecular formula is C33H32F2N6O5. The summed E-state index contributed by atoms with van der Waals surface area (Å²) < 4.78 is 48.6. The molecular weight excluding hydrogens is 598 g/mol. The van der Waals surface area contributed by atoms with Crippen LogP contribution in [0.15, 0.2) is 55.3 Å². The van der Waals surface area contributed by atoms with Crippen LogP contribution < -0.4 is 9.47 Å². The van der Waals surface area contributed by atoms with Gasteiger partial charge < -0.3 is 23.9 Å². The Bertz CT molecular complexity index is 1840. The highest BCUT2D eigenvalue weighted by Gasteiger charge is 2.38. The third-order valence-electron chi connectivity index (χ3n) is 8.55. The number of aromatic carboxylic acids is 1. The Morgan fingerprint density at radius 1 is 1.24 bits per heavy atom. The molecule has 2 aromatic heterocycles. The predicted molar refractivity (Wildman–Crippen MR) is 161 cm³/mol. The van der Waals surface area contributed by atoms with E-state index in [9.17, 15) is 14.3 Å². The predicted octanol–water partition coefficient (Wildman–Crippen LogP) is 5.03. The fraction of sp³-hybridized carbons (Fsp3) is 0.364. The molecule has 2 aliphatic rings. The van der Waals surface area contributed by atoms with Crippen LogP contribution in [0.3, 0.4) is 0 Å². The van der Waals surface area contributed by atoms with Crippen molar-refractivity contribution in [1.29, 1.82) is 5.26 Å². The van der Waals surface area contributed by atoms with Gasteiger partial charge in [-0.1, -0.05) is 6.08 Å². The van der Waals surface area contributed by atoms with E-state index in [0.717, 1.165) is 18.6 Å². The molecule has 4 aromatic rings. The van der Waals surface area contributed by atoms with Gasteiger partial charge in [0, 0.05) is 37.4 Å². The fourth-order valence-electron chi connectivity index (χ4n) is 5.82. The molecule has 0 saturated carbocycles. The van der Waals surface area contributed by atoms with E-state index < -0.39 is 23.1 Å². The lowest BCUT2D eigenvalue weighted by molar-refractivity contribution is -0.0595. The number of hydrogen-bond acceptors (Lipinski definition) is 9. The Morgan fingerprint density at radius 3 is 2.76 bits per heavy atom. The van der Waals surface area contributed by atoms with Crippen LogP contribution in [0, 0.1) is 23.0 Å². The van der Waals surface area contributed by atoms with E-state index in [1.54, 1.807) is 12.3 Å².